The van der Waals surface area contributed by atoms with Crippen LogP contribution in [0.25, 0.3) is 0 Å². The summed E-state index contributed by atoms with van der Waals surface area (Å²) in [5, 5.41) is 3.43. The number of nitrogens with one attached hydrogen (secondary N) is 1. The Morgan fingerprint density at radius 3 is 2.52 bits per heavy atom. The molecule has 1 fully saturated rings. The fraction of sp³-hybridized carbons (Fsp3) is 0.588. The SMILES string of the molecule is CCNC(=NCCc1ccccc1)N1CCC(C)CC1.I. The van der Waals surface area contributed by atoms with E-state index in [2.05, 4.69) is 54.4 Å². The Kier molecular flexibility index (Phi) is 8.73. The van der Waals surface area contributed by atoms with Crippen molar-refractivity contribution in [3.8, 4) is 0 Å². The largest absolute Gasteiger partial charge is 0.357 e. The second-order valence-corrected chi connectivity index (χ2v) is 5.64. The molecule has 0 unspecified atom stereocenters. The Hall–Kier alpha value is -0.780. The maximum absolute atomic E-state index is 4.79. The van der Waals surface area contributed by atoms with Crippen LogP contribution in [0.2, 0.25) is 0 Å². The molecule has 4 heteroatoms. The van der Waals surface area contributed by atoms with Gasteiger partial charge in [-0.25, -0.2) is 0 Å². The van der Waals surface area contributed by atoms with E-state index in [0.29, 0.717) is 0 Å². The molecular formula is C17H28IN3. The van der Waals surface area contributed by atoms with E-state index in [1.807, 2.05) is 0 Å². The molecule has 2 rings (SSSR count). The van der Waals surface area contributed by atoms with Crippen molar-refractivity contribution in [1.82, 2.24) is 10.2 Å². The van der Waals surface area contributed by atoms with Crippen molar-refractivity contribution in [2.24, 2.45) is 10.9 Å². The minimum atomic E-state index is 0. The van der Waals surface area contributed by atoms with Crippen LogP contribution in [0.15, 0.2) is 35.3 Å². The number of likely N-dealkylation sites (tertiary alicyclic amines) is 1. The summed E-state index contributed by atoms with van der Waals surface area (Å²) in [6.45, 7) is 8.56. The van der Waals surface area contributed by atoms with E-state index in [9.17, 15) is 0 Å². The lowest BCUT2D eigenvalue weighted by Crippen LogP contribution is -2.45. The minimum absolute atomic E-state index is 0. The molecule has 0 radical (unpaired) electrons. The number of rotatable bonds is 4. The lowest BCUT2D eigenvalue weighted by atomic mass is 10.00. The van der Waals surface area contributed by atoms with Crippen LogP contribution in [-0.2, 0) is 6.42 Å². The molecule has 1 N–H and O–H groups in total. The summed E-state index contributed by atoms with van der Waals surface area (Å²) in [4.78, 5) is 7.20. The van der Waals surface area contributed by atoms with Gasteiger partial charge in [0.15, 0.2) is 5.96 Å². The van der Waals surface area contributed by atoms with Gasteiger partial charge in [0.05, 0.1) is 0 Å². The molecule has 0 saturated carbocycles. The van der Waals surface area contributed by atoms with E-state index in [1.165, 1.54) is 18.4 Å². The fourth-order valence-electron chi connectivity index (χ4n) is 2.58. The summed E-state index contributed by atoms with van der Waals surface area (Å²) in [7, 11) is 0. The molecule has 1 heterocycles. The molecular weight excluding hydrogens is 373 g/mol. The second kappa shape index (κ2) is 10.0. The number of aliphatic imine (C=N–C) groups is 1. The van der Waals surface area contributed by atoms with Crippen LogP contribution in [-0.4, -0.2) is 37.0 Å². The van der Waals surface area contributed by atoms with Crippen molar-refractivity contribution >= 4 is 29.9 Å². The first kappa shape index (κ1) is 18.3. The van der Waals surface area contributed by atoms with E-state index >= 15 is 0 Å². The molecule has 1 saturated heterocycles. The maximum atomic E-state index is 4.79. The van der Waals surface area contributed by atoms with Gasteiger partial charge >= 0.3 is 0 Å². The molecule has 0 aromatic heterocycles. The molecule has 0 spiro atoms. The van der Waals surface area contributed by atoms with Crippen LogP contribution < -0.4 is 5.32 Å². The predicted molar refractivity (Wildman–Crippen MR) is 102 cm³/mol. The molecule has 0 atom stereocenters. The maximum Gasteiger partial charge on any atom is 0.193 e. The molecule has 0 aliphatic carbocycles. The molecule has 1 aliphatic rings. The van der Waals surface area contributed by atoms with Gasteiger partial charge in [-0.3, -0.25) is 4.99 Å². The van der Waals surface area contributed by atoms with E-state index in [0.717, 1.165) is 44.5 Å². The first-order valence-electron chi connectivity index (χ1n) is 7.86. The van der Waals surface area contributed by atoms with Gasteiger partial charge in [0, 0.05) is 26.2 Å². The summed E-state index contributed by atoms with van der Waals surface area (Å²) in [6.07, 6.45) is 3.58. The Morgan fingerprint density at radius 1 is 1.24 bits per heavy atom. The number of hydrogen-bond donors (Lipinski definition) is 1. The van der Waals surface area contributed by atoms with Crippen molar-refractivity contribution in [3.63, 3.8) is 0 Å². The van der Waals surface area contributed by atoms with Crippen LogP contribution in [0, 0.1) is 5.92 Å². The van der Waals surface area contributed by atoms with Crippen molar-refractivity contribution in [2.75, 3.05) is 26.2 Å². The van der Waals surface area contributed by atoms with Gasteiger partial charge in [0.25, 0.3) is 0 Å². The van der Waals surface area contributed by atoms with Gasteiger partial charge < -0.3 is 10.2 Å². The third-order valence-corrected chi connectivity index (χ3v) is 3.92. The van der Waals surface area contributed by atoms with Gasteiger partial charge in [0.2, 0.25) is 0 Å². The Balaban J connectivity index is 0.00000220. The lowest BCUT2D eigenvalue weighted by molar-refractivity contribution is 0.273. The molecule has 1 aromatic rings. The van der Waals surface area contributed by atoms with Crippen LogP contribution in [0.3, 0.4) is 0 Å². The van der Waals surface area contributed by atoms with Crippen molar-refractivity contribution in [2.45, 2.75) is 33.1 Å². The standard InChI is InChI=1S/C17H27N3.HI/c1-3-18-17(20-13-10-15(2)11-14-20)19-12-9-16-7-5-4-6-8-16;/h4-8,15H,3,9-14H2,1-2H3,(H,18,19);1H. The summed E-state index contributed by atoms with van der Waals surface area (Å²) in [5.41, 5.74) is 1.36. The van der Waals surface area contributed by atoms with Gasteiger partial charge in [-0.1, -0.05) is 37.3 Å². The van der Waals surface area contributed by atoms with Gasteiger partial charge in [-0.15, -0.1) is 24.0 Å². The Morgan fingerprint density at radius 2 is 1.90 bits per heavy atom. The summed E-state index contributed by atoms with van der Waals surface area (Å²) in [5.74, 6) is 1.95. The zero-order valence-electron chi connectivity index (χ0n) is 13.2. The van der Waals surface area contributed by atoms with Gasteiger partial charge in [0.1, 0.15) is 0 Å². The topological polar surface area (TPSA) is 27.6 Å². The van der Waals surface area contributed by atoms with Gasteiger partial charge in [-0.2, -0.15) is 0 Å². The molecule has 0 bridgehead atoms. The van der Waals surface area contributed by atoms with Crippen LogP contribution in [0.1, 0.15) is 32.3 Å². The highest BCUT2D eigenvalue weighted by molar-refractivity contribution is 14.0. The number of guanidine groups is 1. The summed E-state index contributed by atoms with van der Waals surface area (Å²) in [6, 6.07) is 10.6. The number of hydrogen-bond acceptors (Lipinski definition) is 1. The zero-order chi connectivity index (χ0) is 14.2. The lowest BCUT2D eigenvalue weighted by Gasteiger charge is -2.33. The van der Waals surface area contributed by atoms with E-state index < -0.39 is 0 Å². The van der Waals surface area contributed by atoms with E-state index in [-0.39, 0.29) is 24.0 Å². The molecule has 1 aromatic carbocycles. The van der Waals surface area contributed by atoms with Crippen LogP contribution >= 0.6 is 24.0 Å². The molecule has 0 amide bonds. The third-order valence-electron chi connectivity index (χ3n) is 3.92. The average molecular weight is 401 g/mol. The quantitative estimate of drug-likeness (QED) is 0.475. The highest BCUT2D eigenvalue weighted by atomic mass is 127. The van der Waals surface area contributed by atoms with Crippen LogP contribution in [0.4, 0.5) is 0 Å². The smallest absolute Gasteiger partial charge is 0.193 e. The normalized spacial score (nSPS) is 16.5. The molecule has 3 nitrogen and oxygen atoms in total. The minimum Gasteiger partial charge on any atom is -0.357 e. The summed E-state index contributed by atoms with van der Waals surface area (Å²) < 4.78 is 0. The molecule has 1 aliphatic heterocycles. The fourth-order valence-corrected chi connectivity index (χ4v) is 2.58. The third kappa shape index (κ3) is 6.24. The van der Waals surface area contributed by atoms with Gasteiger partial charge in [-0.05, 0) is 37.7 Å². The number of piperidine rings is 1. The predicted octanol–water partition coefficient (Wildman–Crippen LogP) is 3.54. The number of halogens is 1. The molecule has 21 heavy (non-hydrogen) atoms. The highest BCUT2D eigenvalue weighted by Crippen LogP contribution is 2.15. The number of benzene rings is 1. The first-order valence-corrected chi connectivity index (χ1v) is 7.86. The second-order valence-electron chi connectivity index (χ2n) is 5.64. The summed E-state index contributed by atoms with van der Waals surface area (Å²) >= 11 is 0. The molecule has 118 valence electrons. The van der Waals surface area contributed by atoms with Crippen molar-refractivity contribution < 1.29 is 0 Å². The van der Waals surface area contributed by atoms with E-state index in [1.54, 1.807) is 0 Å². The van der Waals surface area contributed by atoms with Crippen LogP contribution in [0.5, 0.6) is 0 Å². The average Bonchev–Trinajstić information content (AvgIpc) is 2.48. The Labute approximate surface area is 146 Å². The zero-order valence-corrected chi connectivity index (χ0v) is 15.5. The number of nitrogens with zero attached hydrogens (tertiary/aromatic N) is 2. The van der Waals surface area contributed by atoms with Crippen molar-refractivity contribution in [1.29, 1.82) is 0 Å². The van der Waals surface area contributed by atoms with E-state index in [4.69, 9.17) is 4.99 Å². The Bertz CT molecular complexity index is 411. The first-order chi connectivity index (χ1) is 9.79. The highest BCUT2D eigenvalue weighted by Gasteiger charge is 2.18. The van der Waals surface area contributed by atoms with Crippen molar-refractivity contribution in [3.05, 3.63) is 35.9 Å². The monoisotopic (exact) mass is 401 g/mol.